The van der Waals surface area contributed by atoms with Gasteiger partial charge >= 0.3 is 5.97 Å². The number of hydrogen-bond acceptors (Lipinski definition) is 7. The van der Waals surface area contributed by atoms with Gasteiger partial charge in [-0.15, -0.1) is 0 Å². The Morgan fingerprint density at radius 1 is 1.03 bits per heavy atom. The Hall–Kier alpha value is -4.14. The highest BCUT2D eigenvalue weighted by atomic mass is 16.5. The molecule has 0 atom stereocenters. The molecule has 1 heterocycles. The highest BCUT2D eigenvalue weighted by Crippen LogP contribution is 2.35. The molecule has 172 valence electrons. The Kier molecular flexibility index (Phi) is 7.12. The van der Waals surface area contributed by atoms with Crippen molar-refractivity contribution in [3.8, 4) is 17.2 Å². The van der Waals surface area contributed by atoms with Gasteiger partial charge in [-0.2, -0.15) is 0 Å². The van der Waals surface area contributed by atoms with Gasteiger partial charge in [0.15, 0.2) is 18.1 Å². The summed E-state index contributed by atoms with van der Waals surface area (Å²) >= 11 is 0. The molecule has 3 rings (SSSR count). The Morgan fingerprint density at radius 2 is 1.70 bits per heavy atom. The van der Waals surface area contributed by atoms with Crippen molar-refractivity contribution < 1.29 is 33.7 Å². The second kappa shape index (κ2) is 9.99. The first-order valence-corrected chi connectivity index (χ1v) is 10.1. The van der Waals surface area contributed by atoms with E-state index in [-0.39, 0.29) is 40.8 Å². The average molecular weight is 452 g/mol. The molecule has 0 saturated carbocycles. The van der Waals surface area contributed by atoms with E-state index in [4.69, 9.17) is 14.2 Å². The van der Waals surface area contributed by atoms with E-state index in [1.165, 1.54) is 32.4 Å². The van der Waals surface area contributed by atoms with Crippen molar-refractivity contribution in [1.29, 1.82) is 0 Å². The minimum atomic E-state index is -1.19. The normalized spacial score (nSPS) is 10.7. The zero-order chi connectivity index (χ0) is 24.1. The van der Waals surface area contributed by atoms with Crippen LogP contribution < -0.4 is 19.5 Å². The van der Waals surface area contributed by atoms with Gasteiger partial charge in [0, 0.05) is 28.6 Å². The standard InChI is InChI=1S/C24H24N2O7/c1-13(2)26-21(27)12-33-15-7-5-6-14(8-15)23(28)22-17-10-20(32-4)19(31-3)9-16(17)18(11-25-22)24(29)30/h5-11,13H,12H2,1-4H3,(H,26,27)(H,29,30). The highest BCUT2D eigenvalue weighted by Gasteiger charge is 2.21. The number of amides is 1. The number of ether oxygens (including phenoxy) is 3. The molecule has 0 aliphatic carbocycles. The van der Waals surface area contributed by atoms with Crippen LogP contribution in [0.3, 0.4) is 0 Å². The molecule has 0 fully saturated rings. The van der Waals surface area contributed by atoms with Crippen LogP contribution in [0.25, 0.3) is 10.8 Å². The average Bonchev–Trinajstić information content (AvgIpc) is 2.80. The van der Waals surface area contributed by atoms with Crippen LogP contribution in [0.2, 0.25) is 0 Å². The van der Waals surface area contributed by atoms with E-state index >= 15 is 0 Å². The van der Waals surface area contributed by atoms with Crippen LogP contribution in [-0.4, -0.2) is 54.6 Å². The van der Waals surface area contributed by atoms with Gasteiger partial charge in [-0.25, -0.2) is 4.79 Å². The largest absolute Gasteiger partial charge is 0.493 e. The minimum Gasteiger partial charge on any atom is -0.493 e. The van der Waals surface area contributed by atoms with E-state index in [0.29, 0.717) is 22.6 Å². The van der Waals surface area contributed by atoms with Crippen molar-refractivity contribution in [3.63, 3.8) is 0 Å². The lowest BCUT2D eigenvalue weighted by molar-refractivity contribution is -0.123. The second-order valence-corrected chi connectivity index (χ2v) is 7.45. The number of fused-ring (bicyclic) bond motifs is 1. The number of pyridine rings is 1. The number of carboxylic acid groups (broad SMARTS) is 1. The van der Waals surface area contributed by atoms with E-state index in [9.17, 15) is 19.5 Å². The van der Waals surface area contributed by atoms with E-state index in [0.717, 1.165) is 6.20 Å². The Balaban J connectivity index is 2.01. The molecular formula is C24H24N2O7. The number of methoxy groups -OCH3 is 2. The van der Waals surface area contributed by atoms with E-state index in [1.807, 2.05) is 13.8 Å². The van der Waals surface area contributed by atoms with Crippen LogP contribution in [0.15, 0.2) is 42.6 Å². The molecule has 9 heteroatoms. The summed E-state index contributed by atoms with van der Waals surface area (Å²) in [6, 6.07) is 9.36. The van der Waals surface area contributed by atoms with E-state index < -0.39 is 11.8 Å². The van der Waals surface area contributed by atoms with Crippen LogP contribution in [0.4, 0.5) is 0 Å². The summed E-state index contributed by atoms with van der Waals surface area (Å²) in [7, 11) is 2.88. The molecule has 2 aromatic carbocycles. The van der Waals surface area contributed by atoms with Gasteiger partial charge in [-0.1, -0.05) is 12.1 Å². The first-order valence-electron chi connectivity index (χ1n) is 10.1. The number of carbonyl (C=O) groups is 3. The second-order valence-electron chi connectivity index (χ2n) is 7.45. The van der Waals surface area contributed by atoms with Crippen molar-refractivity contribution in [1.82, 2.24) is 10.3 Å². The lowest BCUT2D eigenvalue weighted by atomic mass is 9.99. The molecule has 3 aromatic rings. The summed E-state index contributed by atoms with van der Waals surface area (Å²) in [5, 5.41) is 12.9. The quantitative estimate of drug-likeness (QED) is 0.475. The molecule has 0 saturated heterocycles. The monoisotopic (exact) mass is 452 g/mol. The number of carbonyl (C=O) groups excluding carboxylic acids is 2. The fraction of sp³-hybridized carbons (Fsp3) is 0.250. The first-order chi connectivity index (χ1) is 15.7. The van der Waals surface area contributed by atoms with Crippen molar-refractivity contribution in [2.75, 3.05) is 20.8 Å². The fourth-order valence-corrected chi connectivity index (χ4v) is 3.29. The molecule has 0 aliphatic heterocycles. The summed E-state index contributed by atoms with van der Waals surface area (Å²) < 4.78 is 16.1. The minimum absolute atomic E-state index is 0.0160. The lowest BCUT2D eigenvalue weighted by Gasteiger charge is -2.13. The number of hydrogen-bond donors (Lipinski definition) is 2. The Labute approximate surface area is 190 Å². The van der Waals surface area contributed by atoms with Crippen LogP contribution in [0, 0.1) is 0 Å². The summed E-state index contributed by atoms with van der Waals surface area (Å²) in [4.78, 5) is 41.0. The van der Waals surface area contributed by atoms with Crippen molar-refractivity contribution in [3.05, 3.63) is 59.4 Å². The molecule has 1 aromatic heterocycles. The van der Waals surface area contributed by atoms with Crippen LogP contribution in [-0.2, 0) is 4.79 Å². The Morgan fingerprint density at radius 3 is 2.30 bits per heavy atom. The summed E-state index contributed by atoms with van der Waals surface area (Å²) in [6.45, 7) is 3.49. The number of ketones is 1. The predicted molar refractivity (Wildman–Crippen MR) is 120 cm³/mol. The maximum absolute atomic E-state index is 13.3. The third kappa shape index (κ3) is 5.20. The van der Waals surface area contributed by atoms with Crippen LogP contribution >= 0.6 is 0 Å². The summed E-state index contributed by atoms with van der Waals surface area (Å²) in [5.41, 5.74) is 0.241. The summed E-state index contributed by atoms with van der Waals surface area (Å²) in [5.74, 6) is -0.913. The Bertz CT molecular complexity index is 1220. The maximum atomic E-state index is 13.3. The molecule has 0 spiro atoms. The van der Waals surface area contributed by atoms with Gasteiger partial charge in [-0.3, -0.25) is 14.6 Å². The number of nitrogens with one attached hydrogen (secondary N) is 1. The first kappa shape index (κ1) is 23.5. The SMILES string of the molecule is COc1cc2c(C(=O)O)cnc(C(=O)c3cccc(OCC(=O)NC(C)C)c3)c2cc1OC. The van der Waals surface area contributed by atoms with Gasteiger partial charge in [0.25, 0.3) is 5.91 Å². The van der Waals surface area contributed by atoms with Crippen LogP contribution in [0.5, 0.6) is 17.2 Å². The number of carboxylic acids is 1. The lowest BCUT2D eigenvalue weighted by Crippen LogP contribution is -2.34. The number of aromatic nitrogens is 1. The molecular weight excluding hydrogens is 428 g/mol. The predicted octanol–water partition coefficient (Wildman–Crippen LogP) is 3.08. The van der Waals surface area contributed by atoms with Crippen molar-refractivity contribution in [2.24, 2.45) is 0 Å². The van der Waals surface area contributed by atoms with Gasteiger partial charge < -0.3 is 24.6 Å². The zero-order valence-electron chi connectivity index (χ0n) is 18.7. The van der Waals surface area contributed by atoms with Gasteiger partial charge in [-0.05, 0) is 38.1 Å². The van der Waals surface area contributed by atoms with Crippen LogP contribution in [0.1, 0.15) is 40.3 Å². The number of aromatic carboxylic acids is 1. The van der Waals surface area contributed by atoms with Gasteiger partial charge in [0.2, 0.25) is 5.78 Å². The molecule has 0 unspecified atom stereocenters. The number of rotatable bonds is 9. The number of nitrogens with zero attached hydrogens (tertiary/aromatic N) is 1. The smallest absolute Gasteiger partial charge is 0.337 e. The molecule has 0 aliphatic rings. The maximum Gasteiger partial charge on any atom is 0.337 e. The van der Waals surface area contributed by atoms with Gasteiger partial charge in [0.1, 0.15) is 11.4 Å². The third-order valence-corrected chi connectivity index (χ3v) is 4.75. The highest BCUT2D eigenvalue weighted by molar-refractivity contribution is 6.18. The van der Waals surface area contributed by atoms with Gasteiger partial charge in [0.05, 0.1) is 19.8 Å². The zero-order valence-corrected chi connectivity index (χ0v) is 18.7. The van der Waals surface area contributed by atoms with E-state index in [1.54, 1.807) is 18.2 Å². The van der Waals surface area contributed by atoms with Crippen molar-refractivity contribution in [2.45, 2.75) is 19.9 Å². The van der Waals surface area contributed by atoms with E-state index in [2.05, 4.69) is 10.3 Å². The topological polar surface area (TPSA) is 124 Å². The van der Waals surface area contributed by atoms with Crippen molar-refractivity contribution >= 4 is 28.4 Å². The molecule has 9 nitrogen and oxygen atoms in total. The molecule has 0 bridgehead atoms. The summed E-state index contributed by atoms with van der Waals surface area (Å²) in [6.07, 6.45) is 1.14. The molecule has 0 radical (unpaired) electrons. The fourth-order valence-electron chi connectivity index (χ4n) is 3.29. The molecule has 33 heavy (non-hydrogen) atoms. The third-order valence-electron chi connectivity index (χ3n) is 4.75. The molecule has 1 amide bonds. The number of benzene rings is 2. The molecule has 2 N–H and O–H groups in total.